The number of carbonyl (C=O) groups excluding carboxylic acids is 1. The topological polar surface area (TPSA) is 59.8 Å². The van der Waals surface area contributed by atoms with Crippen LogP contribution < -0.4 is 5.32 Å². The van der Waals surface area contributed by atoms with Crippen molar-refractivity contribution in [3.63, 3.8) is 0 Å². The monoisotopic (exact) mass is 266 g/mol. The molecule has 0 saturated heterocycles. The fourth-order valence-corrected chi connectivity index (χ4v) is 2.11. The predicted molar refractivity (Wildman–Crippen MR) is 76.1 cm³/mol. The smallest absolute Gasteiger partial charge is 0.253 e. The van der Waals surface area contributed by atoms with Gasteiger partial charge in [-0.1, -0.05) is 12.1 Å². The highest BCUT2D eigenvalue weighted by molar-refractivity contribution is 5.93. The van der Waals surface area contributed by atoms with Crippen molar-refractivity contribution < 1.29 is 4.79 Å². The first-order valence-corrected chi connectivity index (χ1v) is 6.34. The first-order valence-electron chi connectivity index (χ1n) is 6.34. The molecular formula is C15H14N4O. The Morgan fingerprint density at radius 2 is 2.10 bits per heavy atom. The van der Waals surface area contributed by atoms with Gasteiger partial charge in [-0.15, -0.1) is 0 Å². The summed E-state index contributed by atoms with van der Waals surface area (Å²) in [6.07, 6.45) is 3.19. The highest BCUT2D eigenvalue weighted by Crippen LogP contribution is 2.13. The lowest BCUT2D eigenvalue weighted by Crippen LogP contribution is -2.24. The van der Waals surface area contributed by atoms with Crippen molar-refractivity contribution in [3.05, 3.63) is 60.2 Å². The molecule has 0 aliphatic rings. The lowest BCUT2D eigenvalue weighted by atomic mass is 10.3. The summed E-state index contributed by atoms with van der Waals surface area (Å²) in [5.74, 6) is 0.675. The molecule has 1 amide bonds. The van der Waals surface area contributed by atoms with Gasteiger partial charge >= 0.3 is 0 Å². The fourth-order valence-electron chi connectivity index (χ4n) is 2.11. The molecule has 20 heavy (non-hydrogen) atoms. The van der Waals surface area contributed by atoms with Crippen LogP contribution in [-0.4, -0.2) is 20.4 Å². The molecule has 2 aromatic heterocycles. The molecule has 0 fully saturated rings. The van der Waals surface area contributed by atoms with Gasteiger partial charge in [0.15, 0.2) is 0 Å². The Kier molecular flexibility index (Phi) is 3.16. The van der Waals surface area contributed by atoms with E-state index in [-0.39, 0.29) is 5.91 Å². The van der Waals surface area contributed by atoms with Crippen molar-refractivity contribution in [3.8, 4) is 0 Å². The molecule has 3 rings (SSSR count). The second-order valence-electron chi connectivity index (χ2n) is 4.50. The lowest BCUT2D eigenvalue weighted by molar-refractivity contribution is 0.0949. The second kappa shape index (κ2) is 5.13. The number of hydrogen-bond donors (Lipinski definition) is 1. The maximum Gasteiger partial charge on any atom is 0.253 e. The number of pyridine rings is 1. The van der Waals surface area contributed by atoms with Gasteiger partial charge in [0.25, 0.3) is 5.91 Å². The normalized spacial score (nSPS) is 10.7. The number of fused-ring (bicyclic) bond motifs is 1. The number of nitrogens with one attached hydrogen (secondary N) is 1. The van der Waals surface area contributed by atoms with E-state index >= 15 is 0 Å². The Morgan fingerprint density at radius 1 is 1.25 bits per heavy atom. The van der Waals surface area contributed by atoms with Gasteiger partial charge in [0.1, 0.15) is 5.82 Å². The molecule has 0 radical (unpaired) electrons. The molecule has 0 saturated carbocycles. The zero-order valence-corrected chi connectivity index (χ0v) is 11.1. The lowest BCUT2D eigenvalue weighted by Gasteiger charge is -2.05. The standard InChI is InChI=1S/C15H14N4O/c1-19-13-7-3-2-6-12(13)18-14(19)10-17-15(20)11-5-4-8-16-9-11/h2-9H,10H2,1H3,(H,17,20). The average molecular weight is 266 g/mol. The quantitative estimate of drug-likeness (QED) is 0.787. The number of imidazole rings is 1. The van der Waals surface area contributed by atoms with Gasteiger partial charge in [-0.3, -0.25) is 9.78 Å². The molecule has 2 heterocycles. The third-order valence-electron chi connectivity index (χ3n) is 3.21. The SMILES string of the molecule is Cn1c(CNC(=O)c2cccnc2)nc2ccccc21. The van der Waals surface area contributed by atoms with Crippen molar-refractivity contribution in [2.24, 2.45) is 7.05 Å². The highest BCUT2D eigenvalue weighted by Gasteiger charge is 2.09. The van der Waals surface area contributed by atoms with Gasteiger partial charge in [0.2, 0.25) is 0 Å². The fraction of sp³-hybridized carbons (Fsp3) is 0.133. The van der Waals surface area contributed by atoms with Crippen LogP contribution in [0.25, 0.3) is 11.0 Å². The molecule has 0 aliphatic heterocycles. The van der Waals surface area contributed by atoms with E-state index in [0.717, 1.165) is 16.9 Å². The second-order valence-corrected chi connectivity index (χ2v) is 4.50. The van der Waals surface area contributed by atoms with Crippen LogP contribution in [0.2, 0.25) is 0 Å². The number of benzene rings is 1. The Balaban J connectivity index is 1.77. The molecule has 1 N–H and O–H groups in total. The number of nitrogens with zero attached hydrogens (tertiary/aromatic N) is 3. The van der Waals surface area contributed by atoms with Crippen LogP contribution in [0.5, 0.6) is 0 Å². The Bertz CT molecular complexity index is 749. The Labute approximate surface area is 116 Å². The van der Waals surface area contributed by atoms with Gasteiger partial charge in [-0.05, 0) is 24.3 Å². The number of hydrogen-bond acceptors (Lipinski definition) is 3. The number of aromatic nitrogens is 3. The van der Waals surface area contributed by atoms with Gasteiger partial charge in [0.05, 0.1) is 23.1 Å². The third-order valence-corrected chi connectivity index (χ3v) is 3.21. The molecule has 3 aromatic rings. The number of rotatable bonds is 3. The zero-order valence-electron chi connectivity index (χ0n) is 11.1. The van der Waals surface area contributed by atoms with Gasteiger partial charge in [-0.2, -0.15) is 0 Å². The molecule has 5 nitrogen and oxygen atoms in total. The molecule has 1 aromatic carbocycles. The Morgan fingerprint density at radius 3 is 2.85 bits per heavy atom. The predicted octanol–water partition coefficient (Wildman–Crippen LogP) is 1.90. The van der Waals surface area contributed by atoms with Crippen LogP contribution in [-0.2, 0) is 13.6 Å². The molecule has 0 aliphatic carbocycles. The van der Waals surface area contributed by atoms with Crippen molar-refractivity contribution in [2.75, 3.05) is 0 Å². The van der Waals surface area contributed by atoms with Crippen molar-refractivity contribution in [1.82, 2.24) is 19.9 Å². The van der Waals surface area contributed by atoms with E-state index in [9.17, 15) is 4.79 Å². The first-order chi connectivity index (χ1) is 9.75. The first kappa shape index (κ1) is 12.3. The minimum atomic E-state index is -0.148. The molecule has 0 unspecified atom stereocenters. The van der Waals surface area contributed by atoms with E-state index in [4.69, 9.17) is 0 Å². The van der Waals surface area contributed by atoms with E-state index in [1.54, 1.807) is 24.5 Å². The molecule has 0 spiro atoms. The Hall–Kier alpha value is -2.69. The largest absolute Gasteiger partial charge is 0.345 e. The van der Waals surface area contributed by atoms with E-state index in [1.165, 1.54) is 0 Å². The number of aryl methyl sites for hydroxylation is 1. The van der Waals surface area contributed by atoms with Gasteiger partial charge in [0, 0.05) is 19.4 Å². The van der Waals surface area contributed by atoms with Gasteiger partial charge < -0.3 is 9.88 Å². The summed E-state index contributed by atoms with van der Waals surface area (Å²) in [5, 5.41) is 2.85. The zero-order chi connectivity index (χ0) is 13.9. The summed E-state index contributed by atoms with van der Waals surface area (Å²) in [5.41, 5.74) is 2.53. The van der Waals surface area contributed by atoms with Crippen molar-refractivity contribution in [2.45, 2.75) is 6.54 Å². The maximum absolute atomic E-state index is 12.0. The number of amides is 1. The summed E-state index contributed by atoms with van der Waals surface area (Å²) < 4.78 is 1.98. The summed E-state index contributed by atoms with van der Waals surface area (Å²) >= 11 is 0. The van der Waals surface area contributed by atoms with Crippen LogP contribution in [0, 0.1) is 0 Å². The average Bonchev–Trinajstić information content (AvgIpc) is 2.83. The van der Waals surface area contributed by atoms with E-state index < -0.39 is 0 Å². The highest BCUT2D eigenvalue weighted by atomic mass is 16.1. The number of carbonyl (C=O) groups is 1. The van der Waals surface area contributed by atoms with E-state index in [0.29, 0.717) is 12.1 Å². The number of para-hydroxylation sites is 2. The van der Waals surface area contributed by atoms with E-state index in [1.807, 2.05) is 35.9 Å². The molecule has 0 atom stereocenters. The summed E-state index contributed by atoms with van der Waals surface area (Å²) in [7, 11) is 1.95. The summed E-state index contributed by atoms with van der Waals surface area (Å²) in [6.45, 7) is 0.388. The minimum absolute atomic E-state index is 0.148. The maximum atomic E-state index is 12.0. The minimum Gasteiger partial charge on any atom is -0.345 e. The van der Waals surface area contributed by atoms with Crippen molar-refractivity contribution >= 4 is 16.9 Å². The van der Waals surface area contributed by atoms with Crippen LogP contribution in [0.1, 0.15) is 16.2 Å². The van der Waals surface area contributed by atoms with Crippen LogP contribution >= 0.6 is 0 Å². The summed E-state index contributed by atoms with van der Waals surface area (Å²) in [6, 6.07) is 11.4. The molecule has 100 valence electrons. The molecule has 0 bridgehead atoms. The van der Waals surface area contributed by atoms with Crippen molar-refractivity contribution in [1.29, 1.82) is 0 Å². The van der Waals surface area contributed by atoms with E-state index in [2.05, 4.69) is 15.3 Å². The van der Waals surface area contributed by atoms with Crippen LogP contribution in [0.3, 0.4) is 0 Å². The van der Waals surface area contributed by atoms with Gasteiger partial charge in [-0.25, -0.2) is 4.98 Å². The third kappa shape index (κ3) is 2.25. The molecule has 5 heteroatoms. The van der Waals surface area contributed by atoms with Crippen LogP contribution in [0.4, 0.5) is 0 Å². The summed E-state index contributed by atoms with van der Waals surface area (Å²) in [4.78, 5) is 20.4. The van der Waals surface area contributed by atoms with Crippen LogP contribution in [0.15, 0.2) is 48.8 Å². The molecular weight excluding hydrogens is 252 g/mol.